The van der Waals surface area contributed by atoms with E-state index in [-0.39, 0.29) is 5.41 Å². The number of benzene rings is 1. The van der Waals surface area contributed by atoms with Crippen molar-refractivity contribution >= 4 is 11.8 Å². The summed E-state index contributed by atoms with van der Waals surface area (Å²) >= 11 is 1.91. The van der Waals surface area contributed by atoms with Crippen LogP contribution in [0.15, 0.2) is 29.2 Å². The monoisotopic (exact) mass is 237 g/mol. The molecule has 1 rings (SSSR count). The second-order valence-corrected chi connectivity index (χ2v) is 6.79. The molecule has 0 aliphatic carbocycles. The first kappa shape index (κ1) is 13.6. The van der Waals surface area contributed by atoms with Gasteiger partial charge in [0.1, 0.15) is 0 Å². The Labute approximate surface area is 104 Å². The lowest BCUT2D eigenvalue weighted by molar-refractivity contribution is 0.590. The van der Waals surface area contributed by atoms with Crippen LogP contribution in [-0.4, -0.2) is 11.8 Å². The van der Waals surface area contributed by atoms with Crippen LogP contribution in [0.4, 0.5) is 0 Å². The highest BCUT2D eigenvalue weighted by molar-refractivity contribution is 7.99. The van der Waals surface area contributed by atoms with Crippen molar-refractivity contribution in [2.24, 2.45) is 5.73 Å². The SMILES string of the molecule is CC(CCN)Sc1ccc(C(C)(C)C)cc1. The number of hydrogen-bond donors (Lipinski definition) is 1. The third-order valence-corrected chi connectivity index (χ3v) is 3.81. The van der Waals surface area contributed by atoms with Crippen LogP contribution in [0, 0.1) is 0 Å². The summed E-state index contributed by atoms with van der Waals surface area (Å²) in [5.74, 6) is 0. The van der Waals surface area contributed by atoms with Crippen molar-refractivity contribution in [2.75, 3.05) is 6.54 Å². The van der Waals surface area contributed by atoms with Gasteiger partial charge in [-0.25, -0.2) is 0 Å². The number of hydrogen-bond acceptors (Lipinski definition) is 2. The predicted octanol–water partition coefficient (Wildman–Crippen LogP) is 3.81. The highest BCUT2D eigenvalue weighted by Gasteiger charge is 2.13. The van der Waals surface area contributed by atoms with E-state index in [0.29, 0.717) is 5.25 Å². The van der Waals surface area contributed by atoms with Gasteiger partial charge < -0.3 is 5.73 Å². The molecule has 90 valence electrons. The van der Waals surface area contributed by atoms with Crippen molar-refractivity contribution < 1.29 is 0 Å². The zero-order valence-corrected chi connectivity index (χ0v) is 11.6. The van der Waals surface area contributed by atoms with E-state index in [1.165, 1.54) is 10.5 Å². The molecular formula is C14H23NS. The standard InChI is InChI=1S/C14H23NS/c1-11(9-10-15)16-13-7-5-12(6-8-13)14(2,3)4/h5-8,11H,9-10,15H2,1-4H3. The lowest BCUT2D eigenvalue weighted by Gasteiger charge is -2.19. The molecule has 1 aromatic rings. The summed E-state index contributed by atoms with van der Waals surface area (Å²) in [6.45, 7) is 9.73. The largest absolute Gasteiger partial charge is 0.330 e. The molecule has 0 aliphatic rings. The summed E-state index contributed by atoms with van der Waals surface area (Å²) in [4.78, 5) is 1.34. The van der Waals surface area contributed by atoms with E-state index in [2.05, 4.69) is 52.0 Å². The number of nitrogens with two attached hydrogens (primary N) is 1. The van der Waals surface area contributed by atoms with E-state index >= 15 is 0 Å². The predicted molar refractivity (Wildman–Crippen MR) is 74.1 cm³/mol. The Morgan fingerprint density at radius 2 is 1.75 bits per heavy atom. The van der Waals surface area contributed by atoms with Crippen molar-refractivity contribution in [1.82, 2.24) is 0 Å². The molecule has 0 amide bonds. The van der Waals surface area contributed by atoms with Crippen molar-refractivity contribution in [2.45, 2.75) is 49.7 Å². The van der Waals surface area contributed by atoms with Gasteiger partial charge >= 0.3 is 0 Å². The molecule has 0 saturated heterocycles. The first-order valence-electron chi connectivity index (χ1n) is 5.91. The van der Waals surface area contributed by atoms with Crippen LogP contribution in [0.1, 0.15) is 39.7 Å². The van der Waals surface area contributed by atoms with E-state index in [9.17, 15) is 0 Å². The number of thioether (sulfide) groups is 1. The zero-order chi connectivity index (χ0) is 12.2. The van der Waals surface area contributed by atoms with Crippen molar-refractivity contribution in [3.8, 4) is 0 Å². The third-order valence-electron chi connectivity index (χ3n) is 2.63. The molecule has 0 spiro atoms. The Hall–Kier alpha value is -0.470. The Kier molecular flexibility index (Phi) is 4.88. The average Bonchev–Trinajstić information content (AvgIpc) is 2.17. The fourth-order valence-electron chi connectivity index (χ4n) is 1.56. The fourth-order valence-corrected chi connectivity index (χ4v) is 2.57. The second kappa shape index (κ2) is 5.74. The quantitative estimate of drug-likeness (QED) is 0.806. The minimum Gasteiger partial charge on any atom is -0.330 e. The van der Waals surface area contributed by atoms with Crippen LogP contribution in [0.2, 0.25) is 0 Å². The van der Waals surface area contributed by atoms with E-state index in [4.69, 9.17) is 5.73 Å². The second-order valence-electron chi connectivity index (χ2n) is 5.28. The normalized spacial score (nSPS) is 13.8. The van der Waals surface area contributed by atoms with Gasteiger partial charge in [0.15, 0.2) is 0 Å². The van der Waals surface area contributed by atoms with Crippen LogP contribution in [0.25, 0.3) is 0 Å². The van der Waals surface area contributed by atoms with E-state index in [1.54, 1.807) is 0 Å². The third kappa shape index (κ3) is 4.18. The summed E-state index contributed by atoms with van der Waals surface area (Å²) in [7, 11) is 0. The Balaban J connectivity index is 2.65. The van der Waals surface area contributed by atoms with E-state index in [1.807, 2.05) is 11.8 Å². The Bertz CT molecular complexity index is 311. The molecular weight excluding hydrogens is 214 g/mol. The van der Waals surface area contributed by atoms with Gasteiger partial charge in [-0.3, -0.25) is 0 Å². The molecule has 16 heavy (non-hydrogen) atoms. The summed E-state index contributed by atoms with van der Waals surface area (Å²) < 4.78 is 0. The Morgan fingerprint density at radius 3 is 2.19 bits per heavy atom. The maximum atomic E-state index is 5.55. The molecule has 0 saturated carbocycles. The van der Waals surface area contributed by atoms with Crippen LogP contribution >= 0.6 is 11.8 Å². The first-order chi connectivity index (χ1) is 7.43. The van der Waals surface area contributed by atoms with E-state index in [0.717, 1.165) is 13.0 Å². The first-order valence-corrected chi connectivity index (χ1v) is 6.78. The molecule has 0 radical (unpaired) electrons. The highest BCUT2D eigenvalue weighted by Crippen LogP contribution is 2.28. The summed E-state index contributed by atoms with van der Waals surface area (Å²) in [6, 6.07) is 8.91. The molecule has 0 bridgehead atoms. The van der Waals surface area contributed by atoms with Crippen molar-refractivity contribution in [3.05, 3.63) is 29.8 Å². The van der Waals surface area contributed by atoms with Gasteiger partial charge in [-0.1, -0.05) is 39.8 Å². The Morgan fingerprint density at radius 1 is 1.19 bits per heavy atom. The molecule has 0 heterocycles. The van der Waals surface area contributed by atoms with Gasteiger partial charge in [0.25, 0.3) is 0 Å². The van der Waals surface area contributed by atoms with Gasteiger partial charge in [-0.2, -0.15) is 0 Å². The van der Waals surface area contributed by atoms with Crippen molar-refractivity contribution in [1.29, 1.82) is 0 Å². The summed E-state index contributed by atoms with van der Waals surface area (Å²) in [6.07, 6.45) is 1.08. The summed E-state index contributed by atoms with van der Waals surface area (Å²) in [5.41, 5.74) is 7.19. The maximum absolute atomic E-state index is 5.55. The zero-order valence-electron chi connectivity index (χ0n) is 10.8. The lowest BCUT2D eigenvalue weighted by Crippen LogP contribution is -2.10. The molecule has 2 heteroatoms. The van der Waals surface area contributed by atoms with Crippen LogP contribution in [0.3, 0.4) is 0 Å². The maximum Gasteiger partial charge on any atom is 0.00780 e. The minimum absolute atomic E-state index is 0.242. The topological polar surface area (TPSA) is 26.0 Å². The van der Waals surface area contributed by atoms with Crippen LogP contribution in [0.5, 0.6) is 0 Å². The molecule has 1 aromatic carbocycles. The molecule has 0 aromatic heterocycles. The number of rotatable bonds is 4. The molecule has 1 atom stereocenters. The van der Waals surface area contributed by atoms with Crippen LogP contribution < -0.4 is 5.73 Å². The van der Waals surface area contributed by atoms with Crippen LogP contribution in [-0.2, 0) is 5.41 Å². The van der Waals surface area contributed by atoms with Gasteiger partial charge in [-0.15, -0.1) is 11.8 Å². The van der Waals surface area contributed by atoms with Gasteiger partial charge in [-0.05, 0) is 36.1 Å². The van der Waals surface area contributed by atoms with Gasteiger partial charge in [0.05, 0.1) is 0 Å². The lowest BCUT2D eigenvalue weighted by atomic mass is 9.87. The molecule has 1 nitrogen and oxygen atoms in total. The summed E-state index contributed by atoms with van der Waals surface area (Å²) in [5, 5.41) is 0.602. The smallest absolute Gasteiger partial charge is 0.00780 e. The highest BCUT2D eigenvalue weighted by atomic mass is 32.2. The van der Waals surface area contributed by atoms with Crippen molar-refractivity contribution in [3.63, 3.8) is 0 Å². The van der Waals surface area contributed by atoms with Gasteiger partial charge in [0.2, 0.25) is 0 Å². The minimum atomic E-state index is 0.242. The fraction of sp³-hybridized carbons (Fsp3) is 0.571. The molecule has 0 aliphatic heterocycles. The van der Waals surface area contributed by atoms with Gasteiger partial charge in [0, 0.05) is 10.1 Å². The average molecular weight is 237 g/mol. The van der Waals surface area contributed by atoms with E-state index < -0.39 is 0 Å². The molecule has 0 fully saturated rings. The molecule has 2 N–H and O–H groups in total. The molecule has 1 unspecified atom stereocenters.